The van der Waals surface area contributed by atoms with Crippen LogP contribution in [0.3, 0.4) is 0 Å². The first-order chi connectivity index (χ1) is 3.39. The highest BCUT2D eigenvalue weighted by atomic mass is 35.5. The van der Waals surface area contributed by atoms with Gasteiger partial charge in [0.2, 0.25) is 0 Å². The van der Waals surface area contributed by atoms with E-state index in [0.717, 1.165) is 11.4 Å². The van der Waals surface area contributed by atoms with Crippen molar-refractivity contribution in [1.29, 1.82) is 0 Å². The molecule has 3 heteroatoms. The average molecular weight is 150 g/mol. The van der Waals surface area contributed by atoms with Crippen molar-refractivity contribution in [2.45, 2.75) is 0 Å². The molecule has 1 nitrogen and oxygen atoms in total. The zero-order valence-corrected chi connectivity index (χ0v) is 5.97. The van der Waals surface area contributed by atoms with E-state index in [9.17, 15) is 0 Å². The SMILES string of the molecule is Cl.NC1=CCSC=C1. The molecule has 1 aliphatic rings. The Morgan fingerprint density at radius 3 is 2.62 bits per heavy atom. The summed E-state index contributed by atoms with van der Waals surface area (Å²) in [6.45, 7) is 0. The molecule has 1 aliphatic heterocycles. The zero-order valence-electron chi connectivity index (χ0n) is 4.33. The van der Waals surface area contributed by atoms with Crippen LogP contribution in [0.15, 0.2) is 23.3 Å². The fraction of sp³-hybridized carbons (Fsp3) is 0.200. The Hall–Kier alpha value is -0.0800. The summed E-state index contributed by atoms with van der Waals surface area (Å²) < 4.78 is 0. The summed E-state index contributed by atoms with van der Waals surface area (Å²) in [6, 6.07) is 0. The van der Waals surface area contributed by atoms with Gasteiger partial charge in [0.05, 0.1) is 0 Å². The van der Waals surface area contributed by atoms with Crippen LogP contribution in [0.2, 0.25) is 0 Å². The molecule has 0 aromatic carbocycles. The topological polar surface area (TPSA) is 26.0 Å². The molecule has 1 heterocycles. The quantitative estimate of drug-likeness (QED) is 0.565. The summed E-state index contributed by atoms with van der Waals surface area (Å²) in [5.41, 5.74) is 6.28. The second-order valence-corrected chi connectivity index (χ2v) is 2.28. The second kappa shape index (κ2) is 3.87. The lowest BCUT2D eigenvalue weighted by Crippen LogP contribution is -1.94. The van der Waals surface area contributed by atoms with Gasteiger partial charge in [-0.1, -0.05) is 6.08 Å². The van der Waals surface area contributed by atoms with Gasteiger partial charge >= 0.3 is 0 Å². The van der Waals surface area contributed by atoms with Crippen molar-refractivity contribution in [1.82, 2.24) is 0 Å². The molecule has 0 fully saturated rings. The smallest absolute Gasteiger partial charge is 0.0287 e. The van der Waals surface area contributed by atoms with Gasteiger partial charge in [-0.2, -0.15) is 0 Å². The molecular formula is C5H8ClNS. The van der Waals surface area contributed by atoms with Crippen molar-refractivity contribution in [3.63, 3.8) is 0 Å². The zero-order chi connectivity index (χ0) is 5.11. The Labute approximate surface area is 59.4 Å². The van der Waals surface area contributed by atoms with E-state index < -0.39 is 0 Å². The molecule has 8 heavy (non-hydrogen) atoms. The first kappa shape index (κ1) is 7.92. The molecular weight excluding hydrogens is 142 g/mol. The predicted molar refractivity (Wildman–Crippen MR) is 41.1 cm³/mol. The number of allylic oxidation sites excluding steroid dienone is 1. The van der Waals surface area contributed by atoms with Crippen LogP contribution in [-0.2, 0) is 0 Å². The van der Waals surface area contributed by atoms with Crippen molar-refractivity contribution in [3.05, 3.63) is 23.3 Å². The molecule has 0 aromatic rings. The van der Waals surface area contributed by atoms with Crippen LogP contribution in [-0.4, -0.2) is 5.75 Å². The lowest BCUT2D eigenvalue weighted by molar-refractivity contribution is 1.40. The first-order valence-electron chi connectivity index (χ1n) is 2.13. The van der Waals surface area contributed by atoms with Crippen LogP contribution in [0.5, 0.6) is 0 Å². The number of halogens is 1. The summed E-state index contributed by atoms with van der Waals surface area (Å²) in [5.74, 6) is 1.03. The van der Waals surface area contributed by atoms with Gasteiger partial charge in [0.25, 0.3) is 0 Å². The van der Waals surface area contributed by atoms with Gasteiger partial charge in [0, 0.05) is 11.4 Å². The number of hydrogen-bond donors (Lipinski definition) is 1. The van der Waals surface area contributed by atoms with Crippen LogP contribution >= 0.6 is 24.2 Å². The molecule has 0 spiro atoms. The van der Waals surface area contributed by atoms with E-state index in [1.807, 2.05) is 17.6 Å². The van der Waals surface area contributed by atoms with Gasteiger partial charge in [0.1, 0.15) is 0 Å². The summed E-state index contributed by atoms with van der Waals surface area (Å²) in [5, 5.41) is 2.01. The maximum absolute atomic E-state index is 5.40. The molecule has 0 radical (unpaired) electrons. The predicted octanol–water partition coefficient (Wildman–Crippen LogP) is 1.51. The van der Waals surface area contributed by atoms with E-state index in [1.54, 1.807) is 11.8 Å². The van der Waals surface area contributed by atoms with E-state index >= 15 is 0 Å². The minimum atomic E-state index is 0. The van der Waals surface area contributed by atoms with E-state index in [0.29, 0.717) is 0 Å². The van der Waals surface area contributed by atoms with Crippen molar-refractivity contribution >= 4 is 24.2 Å². The Bertz CT molecular complexity index is 120. The van der Waals surface area contributed by atoms with E-state index in [-0.39, 0.29) is 12.4 Å². The third-order valence-electron chi connectivity index (χ3n) is 0.772. The number of hydrogen-bond acceptors (Lipinski definition) is 2. The fourth-order valence-corrected chi connectivity index (χ4v) is 1.05. The number of rotatable bonds is 0. The van der Waals surface area contributed by atoms with Crippen molar-refractivity contribution < 1.29 is 0 Å². The van der Waals surface area contributed by atoms with Crippen LogP contribution in [0, 0.1) is 0 Å². The van der Waals surface area contributed by atoms with Crippen LogP contribution < -0.4 is 5.73 Å². The van der Waals surface area contributed by atoms with E-state index in [4.69, 9.17) is 5.73 Å². The fourth-order valence-electron chi connectivity index (χ4n) is 0.395. The van der Waals surface area contributed by atoms with Crippen molar-refractivity contribution in [2.24, 2.45) is 5.73 Å². The molecule has 0 aromatic heterocycles. The first-order valence-corrected chi connectivity index (χ1v) is 3.18. The normalized spacial score (nSPS) is 16.8. The molecule has 46 valence electrons. The average Bonchev–Trinajstić information content (AvgIpc) is 1.69. The lowest BCUT2D eigenvalue weighted by Gasteiger charge is -1.96. The van der Waals surface area contributed by atoms with Crippen LogP contribution in [0.25, 0.3) is 0 Å². The second-order valence-electron chi connectivity index (χ2n) is 1.34. The molecule has 1 rings (SSSR count). The van der Waals surface area contributed by atoms with Gasteiger partial charge in [-0.25, -0.2) is 0 Å². The number of nitrogens with two attached hydrogens (primary N) is 1. The van der Waals surface area contributed by atoms with E-state index in [1.165, 1.54) is 0 Å². The molecule has 0 unspecified atom stereocenters. The lowest BCUT2D eigenvalue weighted by atomic mass is 10.4. The van der Waals surface area contributed by atoms with Crippen LogP contribution in [0.4, 0.5) is 0 Å². The highest BCUT2D eigenvalue weighted by Gasteiger charge is 1.87. The summed E-state index contributed by atoms with van der Waals surface area (Å²) in [7, 11) is 0. The van der Waals surface area contributed by atoms with Gasteiger partial charge in [-0.3, -0.25) is 0 Å². The highest BCUT2D eigenvalue weighted by molar-refractivity contribution is 8.02. The minimum absolute atomic E-state index is 0. The molecule has 0 amide bonds. The van der Waals surface area contributed by atoms with E-state index in [2.05, 4.69) is 0 Å². The molecule has 0 saturated heterocycles. The monoisotopic (exact) mass is 149 g/mol. The Balaban J connectivity index is 0.000000490. The maximum atomic E-state index is 5.40. The largest absolute Gasteiger partial charge is 0.399 e. The third-order valence-corrected chi connectivity index (χ3v) is 1.46. The Morgan fingerprint density at radius 2 is 2.38 bits per heavy atom. The Morgan fingerprint density at radius 1 is 1.62 bits per heavy atom. The Kier molecular flexibility index (Phi) is 3.83. The minimum Gasteiger partial charge on any atom is -0.399 e. The molecule has 0 atom stereocenters. The molecule has 0 aliphatic carbocycles. The molecule has 0 saturated carbocycles. The van der Waals surface area contributed by atoms with Gasteiger partial charge in [-0.15, -0.1) is 24.2 Å². The summed E-state index contributed by atoms with van der Waals surface area (Å²) in [6.07, 6.45) is 3.92. The maximum Gasteiger partial charge on any atom is 0.0287 e. The highest BCUT2D eigenvalue weighted by Crippen LogP contribution is 2.09. The molecule has 0 bridgehead atoms. The van der Waals surface area contributed by atoms with Crippen molar-refractivity contribution in [3.8, 4) is 0 Å². The summed E-state index contributed by atoms with van der Waals surface area (Å²) >= 11 is 1.76. The van der Waals surface area contributed by atoms with Gasteiger partial charge in [0.15, 0.2) is 0 Å². The standard InChI is InChI=1S/C5H7NS.ClH/c6-5-1-3-7-4-2-5;/h1-3H,4,6H2;1H. The number of thioether (sulfide) groups is 1. The third kappa shape index (κ3) is 2.28. The van der Waals surface area contributed by atoms with Gasteiger partial charge < -0.3 is 5.73 Å². The summed E-state index contributed by atoms with van der Waals surface area (Å²) in [4.78, 5) is 0. The molecule has 2 N–H and O–H groups in total. The van der Waals surface area contributed by atoms with Crippen molar-refractivity contribution in [2.75, 3.05) is 5.75 Å². The van der Waals surface area contributed by atoms with Gasteiger partial charge in [-0.05, 0) is 11.5 Å². The van der Waals surface area contributed by atoms with Crippen LogP contribution in [0.1, 0.15) is 0 Å².